The predicted molar refractivity (Wildman–Crippen MR) is 76.0 cm³/mol. The van der Waals surface area contributed by atoms with Crippen LogP contribution in [0.4, 0.5) is 5.00 Å². The van der Waals surface area contributed by atoms with Gasteiger partial charge in [0.2, 0.25) is 5.91 Å². The number of thiophene rings is 1. The quantitative estimate of drug-likeness (QED) is 0.800. The van der Waals surface area contributed by atoms with Crippen LogP contribution < -0.4 is 4.90 Å². The van der Waals surface area contributed by atoms with Gasteiger partial charge in [-0.1, -0.05) is 0 Å². The molecular weight excluding hydrogens is 262 g/mol. The van der Waals surface area contributed by atoms with Crippen molar-refractivity contribution in [1.29, 1.82) is 0 Å². The molecule has 0 N–H and O–H groups in total. The Morgan fingerprint density at radius 1 is 1.32 bits per heavy atom. The lowest BCUT2D eigenvalue weighted by atomic mass is 9.95. The van der Waals surface area contributed by atoms with Crippen molar-refractivity contribution < 1.29 is 14.3 Å². The fourth-order valence-corrected chi connectivity index (χ4v) is 3.73. The van der Waals surface area contributed by atoms with Gasteiger partial charge in [0.05, 0.1) is 12.2 Å². The van der Waals surface area contributed by atoms with Crippen LogP contribution in [0, 0.1) is 0 Å². The van der Waals surface area contributed by atoms with Gasteiger partial charge >= 0.3 is 5.97 Å². The Balaban J connectivity index is 2.49. The maximum atomic E-state index is 12.2. The minimum Gasteiger partial charge on any atom is -0.462 e. The zero-order chi connectivity index (χ0) is 14.0. The fourth-order valence-electron chi connectivity index (χ4n) is 2.34. The Morgan fingerprint density at radius 2 is 2.00 bits per heavy atom. The van der Waals surface area contributed by atoms with E-state index in [9.17, 15) is 9.59 Å². The molecule has 0 bridgehead atoms. The molecule has 1 aromatic heterocycles. The van der Waals surface area contributed by atoms with Gasteiger partial charge < -0.3 is 9.64 Å². The van der Waals surface area contributed by atoms with Gasteiger partial charge in [-0.15, -0.1) is 11.3 Å². The molecule has 4 nitrogen and oxygen atoms in total. The summed E-state index contributed by atoms with van der Waals surface area (Å²) in [5, 5.41) is 0.734. The largest absolute Gasteiger partial charge is 0.462 e. The third-order valence-electron chi connectivity index (χ3n) is 3.41. The highest BCUT2D eigenvalue weighted by Gasteiger charge is 2.28. The van der Waals surface area contributed by atoms with E-state index in [1.807, 2.05) is 0 Å². The lowest BCUT2D eigenvalue weighted by Crippen LogP contribution is -2.24. The van der Waals surface area contributed by atoms with Gasteiger partial charge in [-0.3, -0.25) is 4.79 Å². The molecule has 1 heterocycles. The highest BCUT2D eigenvalue weighted by atomic mass is 32.1. The van der Waals surface area contributed by atoms with E-state index in [0.717, 1.165) is 36.2 Å². The number of rotatable bonds is 3. The molecule has 1 aromatic rings. The number of carbonyl (C=O) groups excluding carboxylic acids is 2. The molecule has 104 valence electrons. The van der Waals surface area contributed by atoms with Crippen molar-refractivity contribution in [2.45, 2.75) is 39.5 Å². The minimum absolute atomic E-state index is 0.0656. The maximum Gasteiger partial charge on any atom is 0.341 e. The lowest BCUT2D eigenvalue weighted by Gasteiger charge is -2.15. The first kappa shape index (κ1) is 14.1. The van der Waals surface area contributed by atoms with Crippen LogP contribution >= 0.6 is 11.3 Å². The summed E-state index contributed by atoms with van der Waals surface area (Å²) in [6.07, 6.45) is 4.16. The molecule has 0 saturated carbocycles. The number of esters is 1. The van der Waals surface area contributed by atoms with Crippen LogP contribution in [-0.4, -0.2) is 25.5 Å². The molecule has 0 spiro atoms. The third-order valence-corrected chi connectivity index (χ3v) is 4.78. The van der Waals surface area contributed by atoms with Crippen molar-refractivity contribution in [2.24, 2.45) is 0 Å². The zero-order valence-electron chi connectivity index (χ0n) is 11.6. The summed E-state index contributed by atoms with van der Waals surface area (Å²) in [4.78, 5) is 26.5. The first-order chi connectivity index (χ1) is 9.06. The summed E-state index contributed by atoms with van der Waals surface area (Å²) in [6, 6.07) is 0. The molecule has 0 aliphatic heterocycles. The van der Waals surface area contributed by atoms with Crippen LogP contribution in [0.3, 0.4) is 0 Å². The van der Waals surface area contributed by atoms with E-state index in [-0.39, 0.29) is 11.9 Å². The topological polar surface area (TPSA) is 46.6 Å². The van der Waals surface area contributed by atoms with Crippen molar-refractivity contribution in [3.8, 4) is 0 Å². The number of aryl methyl sites for hydroxylation is 1. The van der Waals surface area contributed by atoms with Crippen LogP contribution in [0.5, 0.6) is 0 Å². The van der Waals surface area contributed by atoms with Crippen LogP contribution in [0.25, 0.3) is 0 Å². The standard InChI is InChI=1S/C14H19NO3S/c1-4-18-14(17)12-10-7-5-6-8-11(10)19-13(12)15(3)9(2)16/h4-8H2,1-3H3. The first-order valence-corrected chi connectivity index (χ1v) is 7.43. The van der Waals surface area contributed by atoms with Crippen molar-refractivity contribution in [2.75, 3.05) is 18.6 Å². The van der Waals surface area contributed by atoms with Crippen molar-refractivity contribution in [3.05, 3.63) is 16.0 Å². The Morgan fingerprint density at radius 3 is 2.63 bits per heavy atom. The number of carbonyl (C=O) groups is 2. The van der Waals surface area contributed by atoms with Crippen molar-refractivity contribution in [1.82, 2.24) is 0 Å². The third kappa shape index (κ3) is 2.66. The van der Waals surface area contributed by atoms with Crippen LogP contribution in [0.2, 0.25) is 0 Å². The average Bonchev–Trinajstić information content (AvgIpc) is 2.77. The van der Waals surface area contributed by atoms with Gasteiger partial charge in [0.25, 0.3) is 0 Å². The molecule has 19 heavy (non-hydrogen) atoms. The summed E-state index contributed by atoms with van der Waals surface area (Å²) >= 11 is 1.56. The van der Waals surface area contributed by atoms with E-state index < -0.39 is 0 Å². The first-order valence-electron chi connectivity index (χ1n) is 6.62. The summed E-state index contributed by atoms with van der Waals surface area (Å²) in [5.74, 6) is -0.367. The minimum atomic E-state index is -0.301. The molecule has 0 saturated heterocycles. The number of amides is 1. The molecule has 0 radical (unpaired) electrons. The second-order valence-electron chi connectivity index (χ2n) is 4.69. The predicted octanol–water partition coefficient (Wildman–Crippen LogP) is 2.79. The number of nitrogens with zero attached hydrogens (tertiary/aromatic N) is 1. The zero-order valence-corrected chi connectivity index (χ0v) is 12.4. The van der Waals surface area contributed by atoms with Crippen molar-refractivity contribution in [3.63, 3.8) is 0 Å². The molecule has 2 rings (SSSR count). The SMILES string of the molecule is CCOC(=O)c1c(N(C)C(C)=O)sc2c1CCCC2. The van der Waals surface area contributed by atoms with E-state index in [2.05, 4.69) is 0 Å². The molecule has 5 heteroatoms. The van der Waals surface area contributed by atoms with Gasteiger partial charge in [-0.05, 0) is 38.2 Å². The smallest absolute Gasteiger partial charge is 0.341 e. The normalized spacial score (nSPS) is 13.8. The van der Waals surface area contributed by atoms with Gasteiger partial charge in [0.15, 0.2) is 0 Å². The number of ether oxygens (including phenoxy) is 1. The number of anilines is 1. The Kier molecular flexibility index (Phi) is 4.24. The van der Waals surface area contributed by atoms with E-state index in [1.54, 1.807) is 30.2 Å². The Bertz CT molecular complexity index is 507. The van der Waals surface area contributed by atoms with Gasteiger partial charge in [-0.25, -0.2) is 4.79 Å². The van der Waals surface area contributed by atoms with E-state index >= 15 is 0 Å². The average molecular weight is 281 g/mol. The summed E-state index contributed by atoms with van der Waals surface area (Å²) in [5.41, 5.74) is 1.71. The molecule has 1 aliphatic rings. The fraction of sp³-hybridized carbons (Fsp3) is 0.571. The molecule has 1 amide bonds. The van der Waals surface area contributed by atoms with Crippen LogP contribution in [0.1, 0.15) is 47.5 Å². The van der Waals surface area contributed by atoms with Gasteiger partial charge in [-0.2, -0.15) is 0 Å². The monoisotopic (exact) mass is 281 g/mol. The highest BCUT2D eigenvalue weighted by molar-refractivity contribution is 7.17. The van der Waals surface area contributed by atoms with Gasteiger partial charge in [0, 0.05) is 18.8 Å². The van der Waals surface area contributed by atoms with E-state index in [1.165, 1.54) is 11.8 Å². The molecule has 0 unspecified atom stereocenters. The molecule has 0 atom stereocenters. The molecule has 0 aromatic carbocycles. The summed E-state index contributed by atoms with van der Waals surface area (Å²) < 4.78 is 5.15. The van der Waals surface area contributed by atoms with Gasteiger partial charge in [0.1, 0.15) is 5.00 Å². The molecular formula is C14H19NO3S. The second-order valence-corrected chi connectivity index (χ2v) is 5.77. The summed E-state index contributed by atoms with van der Waals surface area (Å²) in [6.45, 7) is 3.66. The number of fused-ring (bicyclic) bond motifs is 1. The second kappa shape index (κ2) is 5.74. The van der Waals surface area contributed by atoms with E-state index in [0.29, 0.717) is 12.2 Å². The van der Waals surface area contributed by atoms with E-state index in [4.69, 9.17) is 4.74 Å². The Labute approximate surface area is 117 Å². The maximum absolute atomic E-state index is 12.2. The van der Waals surface area contributed by atoms with Crippen LogP contribution in [-0.2, 0) is 22.4 Å². The lowest BCUT2D eigenvalue weighted by molar-refractivity contribution is -0.116. The highest BCUT2D eigenvalue weighted by Crippen LogP contribution is 2.40. The van der Waals surface area contributed by atoms with Crippen molar-refractivity contribution >= 4 is 28.2 Å². The molecule has 0 fully saturated rings. The van der Waals surface area contributed by atoms with Crippen LogP contribution in [0.15, 0.2) is 0 Å². The number of hydrogen-bond acceptors (Lipinski definition) is 4. The number of hydrogen-bond donors (Lipinski definition) is 0. The summed E-state index contributed by atoms with van der Waals surface area (Å²) in [7, 11) is 1.71. The Hall–Kier alpha value is -1.36. The molecule has 1 aliphatic carbocycles.